The van der Waals surface area contributed by atoms with Crippen LogP contribution in [-0.2, 0) is 15.4 Å². The van der Waals surface area contributed by atoms with E-state index in [1.807, 2.05) is 46.8 Å². The number of nitrogens with one attached hydrogen (secondary N) is 1. The normalized spacial score (nSPS) is 12.4. The Hall–Kier alpha value is -2.40. The molecule has 2 rings (SSSR count). The van der Waals surface area contributed by atoms with Gasteiger partial charge in [-0.1, -0.05) is 29.5 Å². The Morgan fingerprint density at radius 2 is 1.86 bits per heavy atom. The quantitative estimate of drug-likeness (QED) is 0.258. The van der Waals surface area contributed by atoms with Gasteiger partial charge in [0.05, 0.1) is 18.2 Å². The van der Waals surface area contributed by atoms with Crippen LogP contribution in [0.4, 0.5) is 5.69 Å². The van der Waals surface area contributed by atoms with Gasteiger partial charge in [0.1, 0.15) is 0 Å². The van der Waals surface area contributed by atoms with Gasteiger partial charge in [0.15, 0.2) is 0 Å². The van der Waals surface area contributed by atoms with Crippen molar-refractivity contribution in [3.8, 4) is 0 Å². The van der Waals surface area contributed by atoms with Crippen LogP contribution in [0.25, 0.3) is 0 Å². The van der Waals surface area contributed by atoms with Gasteiger partial charge in [0, 0.05) is 18.8 Å². The van der Waals surface area contributed by atoms with Gasteiger partial charge in [-0.2, -0.15) is 5.53 Å². The zero-order valence-electron chi connectivity index (χ0n) is 18.3. The number of carbonyl (C=O) groups excluding carboxylic acids is 1. The molecule has 0 heterocycles. The first-order valence-corrected chi connectivity index (χ1v) is 10.1. The fourth-order valence-electron chi connectivity index (χ4n) is 3.93. The number of halogens is 1. The Morgan fingerprint density at radius 3 is 2.41 bits per heavy atom. The summed E-state index contributed by atoms with van der Waals surface area (Å²) in [4.78, 5) is 12.8. The van der Waals surface area contributed by atoms with E-state index in [1.165, 1.54) is 12.1 Å². The topological polar surface area (TPSA) is 65.8 Å². The molecule has 1 unspecified atom stereocenters. The molecule has 0 spiro atoms. The summed E-state index contributed by atoms with van der Waals surface area (Å²) in [6.45, 7) is 9.92. The van der Waals surface area contributed by atoms with Crippen LogP contribution in [-0.4, -0.2) is 20.1 Å². The molecular formula is C23H30ClN3O2. The number of hydrogen-bond donors (Lipinski definition) is 1. The predicted molar refractivity (Wildman–Crippen MR) is 118 cm³/mol. The molecular weight excluding hydrogens is 386 g/mol. The Bertz CT molecular complexity index is 925. The molecule has 2 aromatic carbocycles. The van der Waals surface area contributed by atoms with E-state index in [-0.39, 0.29) is 11.9 Å². The lowest BCUT2D eigenvalue weighted by Gasteiger charge is -2.35. The Labute approximate surface area is 178 Å². The highest BCUT2D eigenvalue weighted by atomic mass is 35.5. The minimum Gasteiger partial charge on any atom is -0.469 e. The second-order valence-electron chi connectivity index (χ2n) is 8.01. The summed E-state index contributed by atoms with van der Waals surface area (Å²) in [5.74, 6) is -0.0731. The highest BCUT2D eigenvalue weighted by Crippen LogP contribution is 2.45. The number of esters is 1. The Morgan fingerprint density at radius 1 is 1.21 bits per heavy atom. The second kappa shape index (κ2) is 8.95. The summed E-state index contributed by atoms with van der Waals surface area (Å²) >= 11 is 6.16. The minimum absolute atomic E-state index is 0.219. The maximum absolute atomic E-state index is 12.8. The van der Waals surface area contributed by atoms with Gasteiger partial charge in [0.25, 0.3) is 0 Å². The van der Waals surface area contributed by atoms with Crippen molar-refractivity contribution in [2.75, 3.05) is 19.2 Å². The molecule has 0 saturated carbocycles. The van der Waals surface area contributed by atoms with Gasteiger partial charge >= 0.3 is 5.97 Å². The van der Waals surface area contributed by atoms with Gasteiger partial charge in [-0.3, -0.25) is 9.80 Å². The number of methoxy groups -OCH3 is 1. The molecule has 0 saturated heterocycles. The highest BCUT2D eigenvalue weighted by molar-refractivity contribution is 6.17. The van der Waals surface area contributed by atoms with Crippen LogP contribution in [0, 0.1) is 31.7 Å². The standard InChI is InChI=1S/C23H30ClN3O2/c1-14-8-9-17(12-18(14)13-24)21(23(4,5)22(28)29-7)19-10-11-20(27(6)26-25)16(3)15(19)2/h8-12,21,25H,13H2,1-7H3. The third-order valence-electron chi connectivity index (χ3n) is 5.89. The van der Waals surface area contributed by atoms with E-state index in [9.17, 15) is 4.79 Å². The maximum atomic E-state index is 12.8. The molecule has 0 radical (unpaired) electrons. The molecule has 0 amide bonds. The number of anilines is 1. The lowest BCUT2D eigenvalue weighted by atomic mass is 9.69. The van der Waals surface area contributed by atoms with Crippen LogP contribution in [0.2, 0.25) is 0 Å². The Balaban J connectivity index is 2.77. The predicted octanol–water partition coefficient (Wildman–Crippen LogP) is 6.06. The second-order valence-corrected chi connectivity index (χ2v) is 8.28. The van der Waals surface area contributed by atoms with Crippen molar-refractivity contribution in [2.24, 2.45) is 10.6 Å². The fraction of sp³-hybridized carbons (Fsp3) is 0.435. The third kappa shape index (κ3) is 4.30. The van der Waals surface area contributed by atoms with Gasteiger partial charge in [-0.15, -0.1) is 11.6 Å². The van der Waals surface area contributed by atoms with Crippen molar-refractivity contribution in [2.45, 2.75) is 46.4 Å². The molecule has 1 N–H and O–H groups in total. The summed E-state index contributed by atoms with van der Waals surface area (Å²) in [6, 6.07) is 10.2. The number of rotatable bonds is 7. The molecule has 6 heteroatoms. The van der Waals surface area contributed by atoms with Crippen LogP contribution in [0.1, 0.15) is 53.1 Å². The number of ether oxygens (including phenoxy) is 1. The summed E-state index contributed by atoms with van der Waals surface area (Å²) in [6.07, 6.45) is 0. The Kier molecular flexibility index (Phi) is 7.06. The number of alkyl halides is 1. The van der Waals surface area contributed by atoms with E-state index in [0.29, 0.717) is 5.88 Å². The molecule has 0 aromatic heterocycles. The molecule has 156 valence electrons. The number of hydrogen-bond acceptors (Lipinski definition) is 4. The fourth-order valence-corrected chi connectivity index (χ4v) is 4.21. The largest absolute Gasteiger partial charge is 0.469 e. The molecule has 0 fully saturated rings. The number of nitrogens with zero attached hydrogens (tertiary/aromatic N) is 2. The number of aryl methyl sites for hydroxylation is 1. The monoisotopic (exact) mass is 415 g/mol. The summed E-state index contributed by atoms with van der Waals surface area (Å²) < 4.78 is 5.16. The molecule has 5 nitrogen and oxygen atoms in total. The smallest absolute Gasteiger partial charge is 0.312 e. The summed E-state index contributed by atoms with van der Waals surface area (Å²) in [5.41, 5.74) is 13.7. The van der Waals surface area contributed by atoms with Crippen molar-refractivity contribution in [1.29, 1.82) is 5.53 Å². The molecule has 0 aliphatic rings. The van der Waals surface area contributed by atoms with Crippen molar-refractivity contribution in [1.82, 2.24) is 0 Å². The van der Waals surface area contributed by atoms with Crippen molar-refractivity contribution >= 4 is 23.3 Å². The van der Waals surface area contributed by atoms with Crippen LogP contribution in [0.3, 0.4) is 0 Å². The first kappa shape index (κ1) is 22.9. The number of benzene rings is 2. The average Bonchev–Trinajstić information content (AvgIpc) is 2.71. The lowest BCUT2D eigenvalue weighted by Crippen LogP contribution is -2.34. The van der Waals surface area contributed by atoms with E-state index in [2.05, 4.69) is 23.4 Å². The molecule has 0 aliphatic heterocycles. The van der Waals surface area contributed by atoms with Crippen LogP contribution in [0.5, 0.6) is 0 Å². The zero-order chi connectivity index (χ0) is 21.9. The molecule has 0 aliphatic carbocycles. The molecule has 29 heavy (non-hydrogen) atoms. The first-order valence-electron chi connectivity index (χ1n) is 9.55. The summed E-state index contributed by atoms with van der Waals surface area (Å²) in [7, 11) is 3.17. The van der Waals surface area contributed by atoms with Crippen LogP contribution in [0.15, 0.2) is 35.6 Å². The van der Waals surface area contributed by atoms with Crippen molar-refractivity contribution < 1.29 is 9.53 Å². The van der Waals surface area contributed by atoms with Crippen LogP contribution < -0.4 is 5.01 Å². The lowest BCUT2D eigenvalue weighted by molar-refractivity contribution is -0.151. The molecule has 0 bridgehead atoms. The van der Waals surface area contributed by atoms with Gasteiger partial charge in [-0.25, -0.2) is 0 Å². The zero-order valence-corrected chi connectivity index (χ0v) is 19.0. The third-order valence-corrected chi connectivity index (χ3v) is 6.18. The van der Waals surface area contributed by atoms with Gasteiger partial charge in [-0.05, 0) is 74.1 Å². The maximum Gasteiger partial charge on any atom is 0.312 e. The summed E-state index contributed by atoms with van der Waals surface area (Å²) in [5, 5.41) is 5.04. The highest BCUT2D eigenvalue weighted by Gasteiger charge is 2.41. The van der Waals surface area contributed by atoms with Gasteiger partial charge < -0.3 is 4.74 Å². The SMILES string of the molecule is COC(=O)C(C)(C)C(c1ccc(C)c(CCl)c1)c1ccc(N(C)N=N)c(C)c1C. The van der Waals surface area contributed by atoms with E-state index >= 15 is 0 Å². The molecule has 2 aromatic rings. The van der Waals surface area contributed by atoms with E-state index in [0.717, 1.165) is 39.1 Å². The van der Waals surface area contributed by atoms with E-state index in [4.69, 9.17) is 21.9 Å². The number of carbonyl (C=O) groups is 1. The average molecular weight is 416 g/mol. The van der Waals surface area contributed by atoms with Crippen molar-refractivity contribution in [3.05, 3.63) is 63.7 Å². The molecule has 1 atom stereocenters. The van der Waals surface area contributed by atoms with Crippen molar-refractivity contribution in [3.63, 3.8) is 0 Å². The first-order chi connectivity index (χ1) is 13.6. The minimum atomic E-state index is -0.794. The van der Waals surface area contributed by atoms with Crippen LogP contribution >= 0.6 is 11.6 Å². The van der Waals surface area contributed by atoms with E-state index < -0.39 is 5.41 Å². The van der Waals surface area contributed by atoms with Gasteiger partial charge in [0.2, 0.25) is 0 Å². The van der Waals surface area contributed by atoms with E-state index in [1.54, 1.807) is 7.05 Å².